The molecule has 0 heterocycles. The fourth-order valence-electron chi connectivity index (χ4n) is 1.26. The third kappa shape index (κ3) is 1.79. The van der Waals surface area contributed by atoms with Gasteiger partial charge in [-0.05, 0) is 38.3 Å². The first-order valence-electron chi connectivity index (χ1n) is 4.30. The van der Waals surface area contributed by atoms with Gasteiger partial charge in [-0.3, -0.25) is 0 Å². The zero-order chi connectivity index (χ0) is 8.97. The lowest BCUT2D eigenvalue weighted by atomic mass is 10.1. The van der Waals surface area contributed by atoms with E-state index in [1.165, 1.54) is 11.1 Å². The molecule has 0 fully saturated rings. The van der Waals surface area contributed by atoms with E-state index in [0.717, 1.165) is 18.8 Å². The quantitative estimate of drug-likeness (QED) is 0.665. The van der Waals surface area contributed by atoms with E-state index < -0.39 is 0 Å². The van der Waals surface area contributed by atoms with Crippen LogP contribution in [0.5, 0.6) is 5.75 Å². The minimum absolute atomic E-state index is 0.720. The van der Waals surface area contributed by atoms with Crippen molar-refractivity contribution in [3.05, 3.63) is 36.2 Å². The Kier molecular flexibility index (Phi) is 3.15. The van der Waals surface area contributed by atoms with Gasteiger partial charge in [0.15, 0.2) is 0 Å². The topological polar surface area (TPSA) is 9.23 Å². The highest BCUT2D eigenvalue weighted by Gasteiger charge is 2.03. The summed E-state index contributed by atoms with van der Waals surface area (Å²) in [6.07, 6.45) is 0.789. The molecule has 1 radical (unpaired) electrons. The minimum atomic E-state index is 0.720. The molecule has 0 aliphatic carbocycles. The number of rotatable bonds is 3. The summed E-state index contributed by atoms with van der Waals surface area (Å²) in [5.41, 5.74) is 2.38. The molecule has 0 atom stereocenters. The summed E-state index contributed by atoms with van der Waals surface area (Å²) in [5, 5.41) is 0. The summed E-state index contributed by atoms with van der Waals surface area (Å²) >= 11 is 0. The molecular weight excluding hydrogens is 148 g/mol. The number of para-hydroxylation sites is 1. The SMILES string of the molecule is [CH2]Cc1cccc(C)c1OCC. The molecule has 12 heavy (non-hydrogen) atoms. The van der Waals surface area contributed by atoms with Gasteiger partial charge in [-0.1, -0.05) is 18.2 Å². The average Bonchev–Trinajstić information content (AvgIpc) is 2.09. The Hall–Kier alpha value is -0.980. The van der Waals surface area contributed by atoms with Gasteiger partial charge >= 0.3 is 0 Å². The van der Waals surface area contributed by atoms with Gasteiger partial charge in [-0.2, -0.15) is 0 Å². The lowest BCUT2D eigenvalue weighted by Crippen LogP contribution is -1.97. The Morgan fingerprint density at radius 1 is 1.42 bits per heavy atom. The van der Waals surface area contributed by atoms with Gasteiger partial charge in [0.05, 0.1) is 6.61 Å². The largest absolute Gasteiger partial charge is 0.493 e. The number of hydrogen-bond acceptors (Lipinski definition) is 1. The molecule has 1 aromatic rings. The van der Waals surface area contributed by atoms with Crippen molar-refractivity contribution in [3.63, 3.8) is 0 Å². The van der Waals surface area contributed by atoms with E-state index in [1.54, 1.807) is 0 Å². The first-order valence-corrected chi connectivity index (χ1v) is 4.30. The van der Waals surface area contributed by atoms with E-state index in [9.17, 15) is 0 Å². The molecule has 65 valence electrons. The lowest BCUT2D eigenvalue weighted by Gasteiger charge is -2.10. The Morgan fingerprint density at radius 2 is 2.17 bits per heavy atom. The van der Waals surface area contributed by atoms with Gasteiger partial charge in [0.2, 0.25) is 0 Å². The van der Waals surface area contributed by atoms with Crippen LogP contribution < -0.4 is 4.74 Å². The maximum absolute atomic E-state index is 5.52. The highest BCUT2D eigenvalue weighted by atomic mass is 16.5. The van der Waals surface area contributed by atoms with Crippen LogP contribution in [0.25, 0.3) is 0 Å². The molecule has 0 spiro atoms. The van der Waals surface area contributed by atoms with Crippen LogP contribution in [0.2, 0.25) is 0 Å². The third-order valence-electron chi connectivity index (χ3n) is 1.85. The molecule has 0 saturated carbocycles. The molecule has 0 saturated heterocycles. The second-order valence-corrected chi connectivity index (χ2v) is 2.75. The Balaban J connectivity index is 3.02. The number of ether oxygens (including phenoxy) is 1. The second kappa shape index (κ2) is 4.15. The van der Waals surface area contributed by atoms with Crippen LogP contribution in [0.3, 0.4) is 0 Å². The van der Waals surface area contributed by atoms with Crippen molar-refractivity contribution in [2.24, 2.45) is 0 Å². The van der Waals surface area contributed by atoms with E-state index >= 15 is 0 Å². The van der Waals surface area contributed by atoms with Crippen LogP contribution >= 0.6 is 0 Å². The molecule has 1 aromatic carbocycles. The highest BCUT2D eigenvalue weighted by Crippen LogP contribution is 2.23. The fourth-order valence-corrected chi connectivity index (χ4v) is 1.26. The minimum Gasteiger partial charge on any atom is -0.493 e. The first kappa shape index (κ1) is 9.11. The van der Waals surface area contributed by atoms with E-state index in [0.29, 0.717) is 0 Å². The molecule has 1 nitrogen and oxygen atoms in total. The van der Waals surface area contributed by atoms with Crippen LogP contribution in [-0.2, 0) is 6.42 Å². The summed E-state index contributed by atoms with van der Waals surface area (Å²) < 4.78 is 5.52. The third-order valence-corrected chi connectivity index (χ3v) is 1.85. The van der Waals surface area contributed by atoms with Crippen LogP contribution in [0.15, 0.2) is 18.2 Å². The summed E-state index contributed by atoms with van der Waals surface area (Å²) in [7, 11) is 0. The summed E-state index contributed by atoms with van der Waals surface area (Å²) in [6.45, 7) is 8.64. The lowest BCUT2D eigenvalue weighted by molar-refractivity contribution is 0.335. The van der Waals surface area contributed by atoms with Gasteiger partial charge in [0.1, 0.15) is 5.75 Å². The van der Waals surface area contributed by atoms with Crippen LogP contribution in [0.4, 0.5) is 0 Å². The molecule has 0 amide bonds. The van der Waals surface area contributed by atoms with Crippen molar-refractivity contribution in [1.82, 2.24) is 0 Å². The van der Waals surface area contributed by atoms with Gasteiger partial charge in [-0.15, -0.1) is 0 Å². The molecule has 0 unspecified atom stereocenters. The van der Waals surface area contributed by atoms with Crippen molar-refractivity contribution >= 4 is 0 Å². The number of benzene rings is 1. The van der Waals surface area contributed by atoms with E-state index in [-0.39, 0.29) is 0 Å². The molecule has 0 aliphatic rings. The highest BCUT2D eigenvalue weighted by molar-refractivity contribution is 5.41. The fraction of sp³-hybridized carbons (Fsp3) is 0.364. The monoisotopic (exact) mass is 163 g/mol. The van der Waals surface area contributed by atoms with Crippen LogP contribution in [-0.4, -0.2) is 6.61 Å². The van der Waals surface area contributed by atoms with Gasteiger partial charge < -0.3 is 4.74 Å². The van der Waals surface area contributed by atoms with Gasteiger partial charge in [-0.25, -0.2) is 0 Å². The molecule has 0 aliphatic heterocycles. The van der Waals surface area contributed by atoms with Crippen molar-refractivity contribution < 1.29 is 4.74 Å². The van der Waals surface area contributed by atoms with Crippen LogP contribution in [0, 0.1) is 13.8 Å². The zero-order valence-corrected chi connectivity index (χ0v) is 7.76. The molecule has 0 bridgehead atoms. The van der Waals surface area contributed by atoms with Crippen LogP contribution in [0.1, 0.15) is 18.1 Å². The maximum atomic E-state index is 5.52. The number of aryl methyl sites for hydroxylation is 1. The summed E-state index contributed by atoms with van der Waals surface area (Å²) in [4.78, 5) is 0. The van der Waals surface area contributed by atoms with E-state index in [2.05, 4.69) is 26.0 Å². The van der Waals surface area contributed by atoms with Crippen molar-refractivity contribution in [3.8, 4) is 5.75 Å². The molecule has 0 N–H and O–H groups in total. The molecule has 0 aromatic heterocycles. The van der Waals surface area contributed by atoms with E-state index in [1.807, 2.05) is 13.0 Å². The smallest absolute Gasteiger partial charge is 0.125 e. The molecular formula is C11H15O. The van der Waals surface area contributed by atoms with Crippen molar-refractivity contribution in [2.45, 2.75) is 20.3 Å². The standard InChI is InChI=1S/C11H15O/c1-4-10-8-6-7-9(3)11(10)12-5-2/h6-8H,1,4-5H2,2-3H3. The normalized spacial score (nSPS) is 9.92. The zero-order valence-electron chi connectivity index (χ0n) is 7.76. The van der Waals surface area contributed by atoms with Gasteiger partial charge in [0, 0.05) is 0 Å². The number of hydrogen-bond donors (Lipinski definition) is 0. The van der Waals surface area contributed by atoms with Crippen molar-refractivity contribution in [2.75, 3.05) is 6.61 Å². The second-order valence-electron chi connectivity index (χ2n) is 2.75. The van der Waals surface area contributed by atoms with E-state index in [4.69, 9.17) is 4.74 Å². The first-order chi connectivity index (χ1) is 5.79. The van der Waals surface area contributed by atoms with Crippen molar-refractivity contribution in [1.29, 1.82) is 0 Å². The summed E-state index contributed by atoms with van der Waals surface area (Å²) in [5.74, 6) is 1.01. The average molecular weight is 163 g/mol. The summed E-state index contributed by atoms with van der Waals surface area (Å²) in [6, 6.07) is 6.16. The Morgan fingerprint density at radius 3 is 2.75 bits per heavy atom. The predicted molar refractivity (Wildman–Crippen MR) is 51.4 cm³/mol. The maximum Gasteiger partial charge on any atom is 0.125 e. The molecule has 1 rings (SSSR count). The Bertz CT molecular complexity index is 253. The molecule has 1 heteroatoms. The van der Waals surface area contributed by atoms with Gasteiger partial charge in [0.25, 0.3) is 0 Å². The Labute approximate surface area is 74.4 Å². The predicted octanol–water partition coefficient (Wildman–Crippen LogP) is 2.77.